The molecule has 0 aromatic carbocycles. The Hall–Kier alpha value is -2.74. The molecule has 2 fully saturated rings. The Bertz CT molecular complexity index is 1650. The van der Waals surface area contributed by atoms with Crippen LogP contribution in [0.25, 0.3) is 0 Å². The summed E-state index contributed by atoms with van der Waals surface area (Å²) in [6.45, 7) is 42.2. The zero-order chi connectivity index (χ0) is 52.7. The Morgan fingerprint density at radius 2 is 0.971 bits per heavy atom. The van der Waals surface area contributed by atoms with Crippen molar-refractivity contribution in [2.45, 2.75) is 238 Å². The third-order valence-electron chi connectivity index (χ3n) is 17.1. The van der Waals surface area contributed by atoms with Crippen molar-refractivity contribution in [2.24, 2.45) is 75.9 Å². The van der Waals surface area contributed by atoms with Crippen LogP contribution >= 0.6 is 0 Å². The van der Waals surface area contributed by atoms with Gasteiger partial charge in [-0.05, 0) is 128 Å². The van der Waals surface area contributed by atoms with Crippen molar-refractivity contribution >= 4 is 11.9 Å². The first kappa shape index (κ1) is 61.6. The molecule has 0 radical (unpaired) electrons. The summed E-state index contributed by atoms with van der Waals surface area (Å²) < 4.78 is 24.1. The van der Waals surface area contributed by atoms with E-state index in [9.17, 15) is 14.7 Å². The molecule has 0 spiro atoms. The largest absolute Gasteiger partial charge is 0.457 e. The SMILES string of the molecule is CCC(C)C(C)C1OC1CC(C)(C)/C=C/C=C(\C)C1OC(=O)CC(C)CCC(C)C(C)/C=C/C1C.CCC(C)C(C)C1OC1CC(C)(C)/C=C/C=C(\C)C1OC(=O)CC(C)CCC(C)C(O)/C=C/C1C. The van der Waals surface area contributed by atoms with E-state index in [4.69, 9.17) is 18.9 Å². The monoisotopic (exact) mass is 975 g/mol. The summed E-state index contributed by atoms with van der Waals surface area (Å²) in [7, 11) is 0. The quantitative estimate of drug-likeness (QED) is 0.0712. The normalized spacial score (nSPS) is 36.1. The highest BCUT2D eigenvalue weighted by Crippen LogP contribution is 2.43. The van der Waals surface area contributed by atoms with Crippen LogP contribution in [0.5, 0.6) is 0 Å². The van der Waals surface area contributed by atoms with Crippen molar-refractivity contribution in [3.63, 3.8) is 0 Å². The number of esters is 2. The molecule has 400 valence electrons. The lowest BCUT2D eigenvalue weighted by molar-refractivity contribution is -0.150. The molecule has 70 heavy (non-hydrogen) atoms. The van der Waals surface area contributed by atoms with E-state index >= 15 is 0 Å². The van der Waals surface area contributed by atoms with E-state index in [0.29, 0.717) is 78.7 Å². The van der Waals surface area contributed by atoms with Crippen molar-refractivity contribution in [3.05, 3.63) is 71.9 Å². The number of epoxide rings is 2. The van der Waals surface area contributed by atoms with Crippen LogP contribution in [-0.2, 0) is 28.5 Å². The fourth-order valence-corrected chi connectivity index (χ4v) is 10.4. The van der Waals surface area contributed by atoms with Crippen LogP contribution in [-0.4, -0.2) is 59.8 Å². The van der Waals surface area contributed by atoms with Crippen LogP contribution in [0.3, 0.4) is 0 Å². The first-order valence-electron chi connectivity index (χ1n) is 28.1. The first-order valence-corrected chi connectivity index (χ1v) is 28.1. The molecule has 7 nitrogen and oxygen atoms in total. The fourth-order valence-electron chi connectivity index (χ4n) is 10.4. The lowest BCUT2D eigenvalue weighted by Crippen LogP contribution is -2.27. The molecular formula is C63H106O7. The Balaban J connectivity index is 0.000000370. The van der Waals surface area contributed by atoms with Gasteiger partial charge in [-0.2, -0.15) is 0 Å². The second-order valence-corrected chi connectivity index (χ2v) is 25.1. The smallest absolute Gasteiger partial charge is 0.306 e. The number of aliphatic hydroxyl groups is 1. The number of aliphatic hydroxyl groups excluding tert-OH is 1. The van der Waals surface area contributed by atoms with E-state index in [2.05, 4.69) is 173 Å². The van der Waals surface area contributed by atoms with E-state index in [-0.39, 0.29) is 58.6 Å². The van der Waals surface area contributed by atoms with Crippen molar-refractivity contribution in [1.82, 2.24) is 0 Å². The molecule has 0 saturated carbocycles. The highest BCUT2D eigenvalue weighted by atomic mass is 16.6. The fraction of sp³-hybridized carbons (Fsp3) is 0.778. The van der Waals surface area contributed by atoms with Crippen LogP contribution in [0, 0.1) is 75.9 Å². The number of hydrogen-bond donors (Lipinski definition) is 1. The van der Waals surface area contributed by atoms with Gasteiger partial charge in [0.25, 0.3) is 0 Å². The van der Waals surface area contributed by atoms with Crippen LogP contribution < -0.4 is 0 Å². The molecule has 0 bridgehead atoms. The molecule has 2 saturated heterocycles. The number of allylic oxidation sites excluding steroid dienone is 7. The maximum absolute atomic E-state index is 12.7. The summed E-state index contributed by atoms with van der Waals surface area (Å²) in [5, 5.41) is 10.5. The first-order chi connectivity index (χ1) is 32.7. The van der Waals surface area contributed by atoms with Gasteiger partial charge in [0.15, 0.2) is 0 Å². The summed E-state index contributed by atoms with van der Waals surface area (Å²) in [6, 6.07) is 0. The number of ether oxygens (including phenoxy) is 4. The number of hydrogen-bond acceptors (Lipinski definition) is 7. The second kappa shape index (κ2) is 28.6. The average molecular weight is 976 g/mol. The van der Waals surface area contributed by atoms with Gasteiger partial charge in [-0.1, -0.05) is 191 Å². The number of rotatable bonds is 16. The Kier molecular flexibility index (Phi) is 25.2. The minimum absolute atomic E-state index is 0.0177. The van der Waals surface area contributed by atoms with Gasteiger partial charge in [0.05, 0.1) is 30.5 Å². The summed E-state index contributed by atoms with van der Waals surface area (Å²) in [6.07, 6.45) is 31.3. The molecular weight excluding hydrogens is 869 g/mol. The molecule has 0 amide bonds. The Labute approximate surface area is 430 Å². The lowest BCUT2D eigenvalue weighted by atomic mass is 9.83. The molecule has 4 aliphatic heterocycles. The minimum atomic E-state index is -0.470. The Morgan fingerprint density at radius 1 is 0.600 bits per heavy atom. The van der Waals surface area contributed by atoms with E-state index in [0.717, 1.165) is 49.7 Å². The summed E-state index contributed by atoms with van der Waals surface area (Å²) in [5.41, 5.74) is 2.19. The van der Waals surface area contributed by atoms with E-state index < -0.39 is 6.10 Å². The maximum atomic E-state index is 12.7. The van der Waals surface area contributed by atoms with Crippen LogP contribution in [0.2, 0.25) is 0 Å². The van der Waals surface area contributed by atoms with Crippen molar-refractivity contribution in [3.8, 4) is 0 Å². The predicted molar refractivity (Wildman–Crippen MR) is 293 cm³/mol. The van der Waals surface area contributed by atoms with Gasteiger partial charge in [-0.25, -0.2) is 0 Å². The topological polar surface area (TPSA) is 97.9 Å². The molecule has 4 aliphatic rings. The molecule has 0 aliphatic carbocycles. The lowest BCUT2D eigenvalue weighted by Gasteiger charge is -2.26. The molecule has 18 unspecified atom stereocenters. The average Bonchev–Trinajstić information content (AvgIpc) is 4.23. The van der Waals surface area contributed by atoms with Crippen molar-refractivity contribution in [1.29, 1.82) is 0 Å². The molecule has 4 rings (SSSR count). The van der Waals surface area contributed by atoms with Gasteiger partial charge in [0, 0.05) is 24.7 Å². The number of carbonyl (C=O) groups is 2. The molecule has 1 N–H and O–H groups in total. The van der Waals surface area contributed by atoms with Crippen LogP contribution in [0.1, 0.15) is 196 Å². The van der Waals surface area contributed by atoms with Gasteiger partial charge in [0.1, 0.15) is 12.2 Å². The zero-order valence-electron chi connectivity index (χ0n) is 48.1. The highest BCUT2D eigenvalue weighted by molar-refractivity contribution is 5.70. The van der Waals surface area contributed by atoms with E-state index in [1.165, 1.54) is 12.8 Å². The summed E-state index contributed by atoms with van der Waals surface area (Å²) in [4.78, 5) is 25.4. The third kappa shape index (κ3) is 21.0. The van der Waals surface area contributed by atoms with Gasteiger partial charge in [0.2, 0.25) is 0 Å². The van der Waals surface area contributed by atoms with E-state index in [1.54, 1.807) is 0 Å². The molecule has 0 aromatic rings. The van der Waals surface area contributed by atoms with Crippen LogP contribution in [0.15, 0.2) is 71.9 Å². The second-order valence-electron chi connectivity index (χ2n) is 25.1. The third-order valence-corrected chi connectivity index (χ3v) is 17.1. The van der Waals surface area contributed by atoms with Gasteiger partial charge in [-0.15, -0.1) is 0 Å². The van der Waals surface area contributed by atoms with E-state index in [1.807, 2.05) is 19.1 Å². The van der Waals surface area contributed by atoms with Gasteiger partial charge >= 0.3 is 11.9 Å². The Morgan fingerprint density at radius 3 is 1.37 bits per heavy atom. The predicted octanol–water partition coefficient (Wildman–Crippen LogP) is 15.8. The minimum Gasteiger partial charge on any atom is -0.457 e. The van der Waals surface area contributed by atoms with Crippen molar-refractivity contribution < 1.29 is 33.6 Å². The maximum Gasteiger partial charge on any atom is 0.306 e. The molecule has 4 heterocycles. The van der Waals surface area contributed by atoms with Crippen molar-refractivity contribution in [2.75, 3.05) is 0 Å². The molecule has 7 heteroatoms. The summed E-state index contributed by atoms with van der Waals surface area (Å²) >= 11 is 0. The standard InChI is InChI=1S/C32H54O3.C31H52O4/c1-11-22(3)27(8)31-28(34-31)20-32(9,10)18-12-13-25(6)30-26(7)17-16-24(5)23(4)15-14-21(2)19-29(33)35-30;1-10-21(3)25(7)30-27(34-30)19-31(8,9)17-11-12-23(5)29-24(6)15-16-26(32)22(4)14-13-20(2)18-28(33)35-29/h12-13,16-18,21-24,26-28,30-31H,11,14-15,19-20H2,1-10H3;11-12,15-17,20-22,24-27,29-30,32H,10,13-14,18-19H2,1-9H3/b17-16+,18-12+,25-13+;16-15+,17-11+,23-12+. The molecule has 18 atom stereocenters. The number of cyclic esters (lactones) is 2. The van der Waals surface area contributed by atoms with Gasteiger partial charge in [-0.3, -0.25) is 9.59 Å². The zero-order valence-corrected chi connectivity index (χ0v) is 48.1. The molecule has 0 aromatic heterocycles. The highest BCUT2D eigenvalue weighted by Gasteiger charge is 2.47. The summed E-state index contributed by atoms with van der Waals surface area (Å²) in [5.74, 6) is 4.46. The van der Waals surface area contributed by atoms with Crippen LogP contribution in [0.4, 0.5) is 0 Å². The van der Waals surface area contributed by atoms with Gasteiger partial charge < -0.3 is 24.1 Å². The number of carbonyl (C=O) groups excluding carboxylic acids is 2.